The van der Waals surface area contributed by atoms with Crippen molar-refractivity contribution in [3.05, 3.63) is 18.2 Å². The number of nitrogens with one attached hydrogen (secondary N) is 2. The molecule has 1 saturated heterocycles. The Labute approximate surface area is 298 Å². The monoisotopic (exact) mass is 721 g/mol. The van der Waals surface area contributed by atoms with Crippen molar-refractivity contribution in [3.63, 3.8) is 0 Å². The van der Waals surface area contributed by atoms with Gasteiger partial charge in [-0.15, -0.1) is 0 Å². The van der Waals surface area contributed by atoms with Gasteiger partial charge in [-0.3, -0.25) is 19.2 Å². The summed E-state index contributed by atoms with van der Waals surface area (Å²) in [6.07, 6.45) is 10.4. The predicted octanol–water partition coefficient (Wildman–Crippen LogP) is 7.07. The van der Waals surface area contributed by atoms with Gasteiger partial charge in [0.2, 0.25) is 5.91 Å². The smallest absolute Gasteiger partial charge is 0.418 e. The molecule has 1 heterocycles. The van der Waals surface area contributed by atoms with Gasteiger partial charge in [0.15, 0.2) is 27.8 Å². The number of carbonyl (C=O) groups excluding carboxylic acids is 5. The molecule has 2 N–H and O–H groups in total. The second-order valence-electron chi connectivity index (χ2n) is 14.3. The van der Waals surface area contributed by atoms with Crippen LogP contribution < -0.4 is 15.4 Å². The molecule has 4 amide bonds. The lowest BCUT2D eigenvalue weighted by atomic mass is 9.85. The van der Waals surface area contributed by atoms with E-state index in [4.69, 9.17) is 9.47 Å². The minimum absolute atomic E-state index is 0.0285. The van der Waals surface area contributed by atoms with Crippen molar-refractivity contribution in [3.8, 4) is 5.75 Å². The average molecular weight is 722 g/mol. The van der Waals surface area contributed by atoms with E-state index in [2.05, 4.69) is 17.6 Å². The molecule has 0 bridgehead atoms. The number of unbranched alkanes of at least 4 members (excludes halogenated alkanes) is 10. The molecule has 0 aliphatic carbocycles. The number of hydrogen-bond acceptors (Lipinski definition) is 9. The number of Topliss-reactive ketones (excluding diaryl/α,β-unsaturated/α-hetero) is 1. The highest BCUT2D eigenvalue weighted by Gasteiger charge is 2.51. The van der Waals surface area contributed by atoms with Crippen LogP contribution in [-0.4, -0.2) is 73.7 Å². The minimum Gasteiger partial charge on any atom is -0.495 e. The summed E-state index contributed by atoms with van der Waals surface area (Å²) in [5.74, 6) is -3.85. The van der Waals surface area contributed by atoms with E-state index < -0.39 is 62.9 Å². The summed E-state index contributed by atoms with van der Waals surface area (Å²) in [6, 6.07) is 2.58. The Bertz CT molecular complexity index is 1420. The first kappa shape index (κ1) is 42.7. The number of hydrogen-bond donors (Lipinski definition) is 2. The van der Waals surface area contributed by atoms with Crippen molar-refractivity contribution >= 4 is 50.8 Å². The van der Waals surface area contributed by atoms with Crippen LogP contribution >= 0.6 is 0 Å². The van der Waals surface area contributed by atoms with E-state index in [0.717, 1.165) is 25.7 Å². The second-order valence-corrected chi connectivity index (χ2v) is 16.6. The molecule has 0 spiro atoms. The third-order valence-electron chi connectivity index (χ3n) is 8.75. The first-order valence-electron chi connectivity index (χ1n) is 18.1. The average Bonchev–Trinajstić information content (AvgIpc) is 3.32. The van der Waals surface area contributed by atoms with Crippen molar-refractivity contribution in [1.29, 1.82) is 0 Å². The van der Waals surface area contributed by atoms with Crippen molar-refractivity contribution in [1.82, 2.24) is 4.90 Å². The van der Waals surface area contributed by atoms with Gasteiger partial charge >= 0.3 is 6.09 Å². The molecule has 13 heteroatoms. The van der Waals surface area contributed by atoms with E-state index in [-0.39, 0.29) is 35.1 Å². The van der Waals surface area contributed by atoms with Gasteiger partial charge in [-0.25, -0.2) is 18.1 Å². The number of amides is 4. The largest absolute Gasteiger partial charge is 0.495 e. The molecule has 0 radical (unpaired) electrons. The van der Waals surface area contributed by atoms with Gasteiger partial charge in [-0.1, -0.05) is 106 Å². The van der Waals surface area contributed by atoms with Crippen LogP contribution in [0.15, 0.2) is 18.2 Å². The van der Waals surface area contributed by atoms with E-state index in [9.17, 15) is 32.4 Å². The lowest BCUT2D eigenvalue weighted by Crippen LogP contribution is -2.55. The quantitative estimate of drug-likeness (QED) is 0.0888. The number of ether oxygens (including phenoxy) is 2. The zero-order chi connectivity index (χ0) is 37.5. The topological polar surface area (TPSA) is 165 Å². The molecular formula is C37H59N3O9S. The number of carbonyl (C=O) groups is 5. The minimum atomic E-state index is -3.46. The Kier molecular flexibility index (Phi) is 17.4. The number of benzene rings is 1. The molecule has 2 rings (SSSR count). The van der Waals surface area contributed by atoms with E-state index >= 15 is 0 Å². The Morgan fingerprint density at radius 1 is 0.880 bits per heavy atom. The van der Waals surface area contributed by atoms with Crippen LogP contribution in [0.3, 0.4) is 0 Å². The lowest BCUT2D eigenvalue weighted by molar-refractivity contribution is -0.144. The molecule has 12 nitrogen and oxygen atoms in total. The summed E-state index contributed by atoms with van der Waals surface area (Å²) >= 11 is 0. The molecule has 3 atom stereocenters. The number of cyclic esters (lactones) is 1. The zero-order valence-corrected chi connectivity index (χ0v) is 31.9. The maximum Gasteiger partial charge on any atom is 0.418 e. The van der Waals surface area contributed by atoms with Gasteiger partial charge in [-0.05, 0) is 37.5 Å². The first-order chi connectivity index (χ1) is 23.6. The maximum atomic E-state index is 13.7. The Morgan fingerprint density at radius 2 is 1.46 bits per heavy atom. The van der Waals surface area contributed by atoms with E-state index in [1.165, 1.54) is 63.8 Å². The van der Waals surface area contributed by atoms with Gasteiger partial charge in [-0.2, -0.15) is 0 Å². The van der Waals surface area contributed by atoms with Crippen LogP contribution in [0.5, 0.6) is 5.75 Å². The summed E-state index contributed by atoms with van der Waals surface area (Å²) in [6.45, 7) is 10.4. The summed E-state index contributed by atoms with van der Waals surface area (Å²) < 4.78 is 36.2. The van der Waals surface area contributed by atoms with Crippen LogP contribution in [0.2, 0.25) is 0 Å². The van der Waals surface area contributed by atoms with Gasteiger partial charge < -0.3 is 20.1 Å². The molecule has 0 aromatic heterocycles. The van der Waals surface area contributed by atoms with Crippen molar-refractivity contribution < 1.29 is 41.9 Å². The van der Waals surface area contributed by atoms with Gasteiger partial charge in [0.05, 0.1) is 24.3 Å². The lowest BCUT2D eigenvalue weighted by Gasteiger charge is -2.28. The van der Waals surface area contributed by atoms with Crippen LogP contribution in [-0.2, 0) is 33.8 Å². The number of imide groups is 1. The van der Waals surface area contributed by atoms with E-state index in [0.29, 0.717) is 17.7 Å². The predicted molar refractivity (Wildman–Crippen MR) is 195 cm³/mol. The number of methoxy groups -OCH3 is 1. The zero-order valence-electron chi connectivity index (χ0n) is 31.1. The van der Waals surface area contributed by atoms with Crippen LogP contribution in [0.1, 0.15) is 125 Å². The Morgan fingerprint density at radius 3 is 2.02 bits per heavy atom. The third kappa shape index (κ3) is 13.3. The highest BCUT2D eigenvalue weighted by Crippen LogP contribution is 2.31. The van der Waals surface area contributed by atoms with Crippen LogP contribution in [0, 0.1) is 11.3 Å². The summed E-state index contributed by atoms with van der Waals surface area (Å²) in [5, 5.41) is 5.28. The first-order valence-corrected chi connectivity index (χ1v) is 20.0. The maximum absolute atomic E-state index is 13.7. The van der Waals surface area contributed by atoms with Gasteiger partial charge in [0.1, 0.15) is 5.75 Å². The van der Waals surface area contributed by atoms with Crippen molar-refractivity contribution in [2.24, 2.45) is 11.3 Å². The number of rotatable bonds is 23. The number of anilines is 2. The fourth-order valence-corrected chi connectivity index (χ4v) is 7.47. The standard InChI is InChI=1S/C37H59N3O9S/c1-8-10-12-13-14-15-16-17-18-19-23-50(46,47)25-26(3)33(42)38-27-21-22-29(48-7)28(24-27)39-34(43)31(32(41)37(4,5)6)40-35(44)30(20-11-9-2)49-36(40)45/h21-22,24,26,30-31H,8-20,23,25H2,1-7H3,(H,38,42)(H,39,43). The van der Waals surface area contributed by atoms with E-state index in [1.807, 2.05) is 6.92 Å². The molecule has 1 aliphatic rings. The molecular weight excluding hydrogens is 662 g/mol. The highest BCUT2D eigenvalue weighted by molar-refractivity contribution is 7.91. The molecule has 1 aromatic carbocycles. The molecule has 1 aromatic rings. The molecule has 282 valence electrons. The van der Waals surface area contributed by atoms with Gasteiger partial charge in [0, 0.05) is 17.0 Å². The number of sulfone groups is 1. The summed E-state index contributed by atoms with van der Waals surface area (Å²) in [7, 11) is -2.09. The van der Waals surface area contributed by atoms with Gasteiger partial charge in [0.25, 0.3) is 11.8 Å². The number of nitrogens with zero attached hydrogens (tertiary/aromatic N) is 1. The molecule has 3 unspecified atom stereocenters. The Balaban J connectivity index is 2.07. The normalized spacial score (nSPS) is 16.1. The summed E-state index contributed by atoms with van der Waals surface area (Å²) in [4.78, 5) is 66.9. The van der Waals surface area contributed by atoms with Crippen LogP contribution in [0.4, 0.5) is 16.2 Å². The van der Waals surface area contributed by atoms with E-state index in [1.54, 1.807) is 27.7 Å². The fourth-order valence-electron chi connectivity index (χ4n) is 5.74. The summed E-state index contributed by atoms with van der Waals surface area (Å²) in [5.41, 5.74) is -0.806. The molecule has 0 saturated carbocycles. The third-order valence-corrected chi connectivity index (χ3v) is 10.7. The Hall–Kier alpha value is -3.48. The molecule has 50 heavy (non-hydrogen) atoms. The molecule has 1 aliphatic heterocycles. The SMILES string of the molecule is CCCCCCCCCCCCS(=O)(=O)CC(C)C(=O)Nc1ccc(OC)c(NC(=O)C(C(=O)C(C)(C)C)N2C(=O)OC(CCCC)C2=O)c1. The van der Waals surface area contributed by atoms with Crippen LogP contribution in [0.25, 0.3) is 0 Å². The second kappa shape index (κ2) is 20.4. The fraction of sp³-hybridized carbons (Fsp3) is 0.703. The number of ketones is 1. The highest BCUT2D eigenvalue weighted by atomic mass is 32.2. The molecule has 1 fully saturated rings. The van der Waals surface area contributed by atoms with Crippen molar-refractivity contribution in [2.45, 2.75) is 137 Å². The van der Waals surface area contributed by atoms with Crippen molar-refractivity contribution in [2.75, 3.05) is 29.2 Å².